The van der Waals surface area contributed by atoms with Crippen molar-refractivity contribution in [2.75, 3.05) is 14.2 Å². The van der Waals surface area contributed by atoms with Gasteiger partial charge in [-0.05, 0) is 26.0 Å². The number of carbonyl (C=O) groups is 1. The molecule has 10 nitrogen and oxygen atoms in total. The molecule has 2 rings (SSSR count). The van der Waals surface area contributed by atoms with E-state index < -0.39 is 10.8 Å². The molecule has 0 atom stereocenters. The van der Waals surface area contributed by atoms with E-state index in [1.807, 2.05) is 0 Å². The molecule has 26 heavy (non-hydrogen) atoms. The van der Waals surface area contributed by atoms with Crippen LogP contribution in [0.5, 0.6) is 11.5 Å². The highest BCUT2D eigenvalue weighted by molar-refractivity contribution is 5.85. The van der Waals surface area contributed by atoms with Gasteiger partial charge in [-0.15, -0.1) is 0 Å². The number of nitrogens with one attached hydrogen (secondary N) is 1. The average Bonchev–Trinajstić information content (AvgIpc) is 2.88. The Morgan fingerprint density at radius 1 is 1.38 bits per heavy atom. The molecule has 0 aliphatic carbocycles. The molecule has 0 bridgehead atoms. The van der Waals surface area contributed by atoms with Crippen LogP contribution in [0.1, 0.15) is 17.0 Å². The van der Waals surface area contributed by atoms with Crippen LogP contribution < -0.4 is 14.9 Å². The van der Waals surface area contributed by atoms with Gasteiger partial charge in [0, 0.05) is 11.6 Å². The highest BCUT2D eigenvalue weighted by atomic mass is 16.6. The monoisotopic (exact) mass is 361 g/mol. The van der Waals surface area contributed by atoms with E-state index in [1.54, 1.807) is 25.3 Å². The Kier molecular flexibility index (Phi) is 5.89. The number of hydrogen-bond acceptors (Lipinski definition) is 7. The van der Waals surface area contributed by atoms with E-state index in [0.29, 0.717) is 22.8 Å². The maximum atomic E-state index is 12.0. The normalized spacial score (nSPS) is 10.8. The van der Waals surface area contributed by atoms with Crippen molar-refractivity contribution >= 4 is 17.8 Å². The predicted molar refractivity (Wildman–Crippen MR) is 93.6 cm³/mol. The predicted octanol–water partition coefficient (Wildman–Crippen LogP) is 1.58. The maximum Gasteiger partial charge on any atom is 0.312 e. The molecule has 1 N–H and O–H groups in total. The fourth-order valence-corrected chi connectivity index (χ4v) is 2.38. The van der Waals surface area contributed by atoms with Gasteiger partial charge < -0.3 is 9.47 Å². The number of benzene rings is 1. The fraction of sp³-hybridized carbons (Fsp3) is 0.312. The number of carbonyl (C=O) groups excluding carboxylic acids is 1. The summed E-state index contributed by atoms with van der Waals surface area (Å²) in [5, 5.41) is 18.9. The third kappa shape index (κ3) is 4.15. The first kappa shape index (κ1) is 18.9. The number of rotatable bonds is 7. The van der Waals surface area contributed by atoms with Crippen LogP contribution in [-0.2, 0) is 11.3 Å². The Labute approximate surface area is 149 Å². The van der Waals surface area contributed by atoms with Gasteiger partial charge in [0.1, 0.15) is 29.4 Å². The van der Waals surface area contributed by atoms with Crippen LogP contribution in [0.2, 0.25) is 0 Å². The van der Waals surface area contributed by atoms with Gasteiger partial charge in [0.05, 0.1) is 25.4 Å². The molecular formula is C16H19N5O5. The molecule has 0 fully saturated rings. The molecule has 138 valence electrons. The minimum Gasteiger partial charge on any atom is -0.497 e. The number of aromatic nitrogens is 2. The zero-order valence-corrected chi connectivity index (χ0v) is 14.8. The van der Waals surface area contributed by atoms with Crippen LogP contribution in [-0.4, -0.2) is 41.0 Å². The largest absolute Gasteiger partial charge is 0.497 e. The maximum absolute atomic E-state index is 12.0. The van der Waals surface area contributed by atoms with E-state index in [9.17, 15) is 14.9 Å². The van der Waals surface area contributed by atoms with E-state index in [4.69, 9.17) is 9.47 Å². The number of aryl methyl sites for hydroxylation is 1. The molecule has 0 saturated heterocycles. The summed E-state index contributed by atoms with van der Waals surface area (Å²) in [7, 11) is 3.06. The van der Waals surface area contributed by atoms with Crippen LogP contribution in [0.4, 0.5) is 5.69 Å². The van der Waals surface area contributed by atoms with Gasteiger partial charge in [0.25, 0.3) is 5.91 Å². The lowest BCUT2D eigenvalue weighted by Gasteiger charge is -2.07. The molecule has 1 aromatic carbocycles. The van der Waals surface area contributed by atoms with Crippen molar-refractivity contribution in [3.8, 4) is 11.5 Å². The quantitative estimate of drug-likeness (QED) is 0.454. The van der Waals surface area contributed by atoms with E-state index in [2.05, 4.69) is 15.6 Å². The van der Waals surface area contributed by atoms with Crippen LogP contribution >= 0.6 is 0 Å². The molecule has 1 amide bonds. The Morgan fingerprint density at radius 2 is 2.12 bits per heavy atom. The lowest BCUT2D eigenvalue weighted by Crippen LogP contribution is -2.24. The summed E-state index contributed by atoms with van der Waals surface area (Å²) >= 11 is 0. The molecule has 2 aromatic rings. The molecule has 0 saturated carbocycles. The topological polar surface area (TPSA) is 121 Å². The summed E-state index contributed by atoms with van der Waals surface area (Å²) in [6.07, 6.45) is 1.43. The van der Waals surface area contributed by atoms with E-state index >= 15 is 0 Å². The molecule has 1 heterocycles. The van der Waals surface area contributed by atoms with Gasteiger partial charge >= 0.3 is 5.69 Å². The number of hydrazone groups is 1. The zero-order chi connectivity index (χ0) is 19.3. The van der Waals surface area contributed by atoms with Crippen LogP contribution in [0.15, 0.2) is 23.3 Å². The number of nitrogens with zero attached hydrogens (tertiary/aromatic N) is 4. The van der Waals surface area contributed by atoms with Crippen molar-refractivity contribution in [1.82, 2.24) is 15.2 Å². The zero-order valence-electron chi connectivity index (χ0n) is 14.8. The molecule has 0 aliphatic rings. The first-order valence-corrected chi connectivity index (χ1v) is 7.59. The van der Waals surface area contributed by atoms with Gasteiger partial charge in [-0.3, -0.25) is 19.6 Å². The fourth-order valence-electron chi connectivity index (χ4n) is 2.38. The van der Waals surface area contributed by atoms with Crippen molar-refractivity contribution < 1.29 is 19.2 Å². The molecule has 1 aromatic heterocycles. The lowest BCUT2D eigenvalue weighted by molar-refractivity contribution is -0.386. The summed E-state index contributed by atoms with van der Waals surface area (Å²) in [6, 6.07) is 5.16. The summed E-state index contributed by atoms with van der Waals surface area (Å²) in [5.74, 6) is 0.708. The van der Waals surface area contributed by atoms with Gasteiger partial charge in [0.2, 0.25) is 0 Å². The second-order valence-corrected chi connectivity index (χ2v) is 5.34. The number of hydrogen-bond donors (Lipinski definition) is 1. The second kappa shape index (κ2) is 8.10. The second-order valence-electron chi connectivity index (χ2n) is 5.34. The SMILES string of the molecule is COc1ccc(/C=N\NC(=O)Cn2nc(C)c([N+](=O)[O-])c2C)c(OC)c1. The highest BCUT2D eigenvalue weighted by Crippen LogP contribution is 2.23. The van der Waals surface area contributed by atoms with Crippen LogP contribution in [0.3, 0.4) is 0 Å². The lowest BCUT2D eigenvalue weighted by atomic mass is 10.2. The Bertz CT molecular complexity index is 859. The van der Waals surface area contributed by atoms with Gasteiger partial charge in [-0.1, -0.05) is 0 Å². The van der Waals surface area contributed by atoms with Crippen molar-refractivity contribution in [2.45, 2.75) is 20.4 Å². The van der Waals surface area contributed by atoms with Crippen molar-refractivity contribution in [3.63, 3.8) is 0 Å². The van der Waals surface area contributed by atoms with Crippen molar-refractivity contribution in [3.05, 3.63) is 45.3 Å². The molecule has 0 aliphatic heterocycles. The van der Waals surface area contributed by atoms with Gasteiger partial charge in [0.15, 0.2) is 0 Å². The Balaban J connectivity index is 2.04. The van der Waals surface area contributed by atoms with E-state index in [0.717, 1.165) is 0 Å². The minimum atomic E-state index is -0.514. The van der Waals surface area contributed by atoms with Gasteiger partial charge in [-0.2, -0.15) is 10.2 Å². The first-order valence-electron chi connectivity index (χ1n) is 7.59. The third-order valence-corrected chi connectivity index (χ3v) is 3.65. The van der Waals surface area contributed by atoms with E-state index in [-0.39, 0.29) is 17.9 Å². The summed E-state index contributed by atoms with van der Waals surface area (Å²) < 4.78 is 11.6. The summed E-state index contributed by atoms with van der Waals surface area (Å²) in [4.78, 5) is 22.5. The van der Waals surface area contributed by atoms with Crippen LogP contribution in [0, 0.1) is 24.0 Å². The molecular weight excluding hydrogens is 342 g/mol. The van der Waals surface area contributed by atoms with Gasteiger partial charge in [-0.25, -0.2) is 5.43 Å². The number of ether oxygens (including phenoxy) is 2. The number of methoxy groups -OCH3 is 2. The average molecular weight is 361 g/mol. The summed E-state index contributed by atoms with van der Waals surface area (Å²) in [6.45, 7) is 2.88. The molecule has 0 spiro atoms. The third-order valence-electron chi connectivity index (χ3n) is 3.65. The smallest absolute Gasteiger partial charge is 0.312 e. The van der Waals surface area contributed by atoms with Crippen LogP contribution in [0.25, 0.3) is 0 Å². The number of nitro groups is 1. The highest BCUT2D eigenvalue weighted by Gasteiger charge is 2.22. The minimum absolute atomic E-state index is 0.0933. The standard InChI is InChI=1S/C16H19N5O5/c1-10-16(21(23)24)11(2)20(19-10)9-15(22)18-17-8-12-5-6-13(25-3)7-14(12)26-4/h5-8H,9H2,1-4H3,(H,18,22)/b17-8-. The molecule has 0 radical (unpaired) electrons. The molecule has 0 unspecified atom stereocenters. The number of amides is 1. The Morgan fingerprint density at radius 3 is 2.69 bits per heavy atom. The Hall–Kier alpha value is -3.43. The molecule has 10 heteroatoms. The van der Waals surface area contributed by atoms with Crippen molar-refractivity contribution in [2.24, 2.45) is 5.10 Å². The first-order chi connectivity index (χ1) is 12.4. The summed E-state index contributed by atoms with van der Waals surface area (Å²) in [5.41, 5.74) is 3.48. The van der Waals surface area contributed by atoms with E-state index in [1.165, 1.54) is 31.9 Å². The van der Waals surface area contributed by atoms with Crippen molar-refractivity contribution in [1.29, 1.82) is 0 Å².